The summed E-state index contributed by atoms with van der Waals surface area (Å²) < 4.78 is 4.68. The molecule has 114 valence electrons. The third-order valence-corrected chi connectivity index (χ3v) is 3.89. The molecule has 1 saturated heterocycles. The van der Waals surface area contributed by atoms with E-state index in [0.717, 1.165) is 31.6 Å². The van der Waals surface area contributed by atoms with Gasteiger partial charge in [0.15, 0.2) is 0 Å². The van der Waals surface area contributed by atoms with Gasteiger partial charge in [-0.3, -0.25) is 4.79 Å². The molecule has 0 aliphatic carbocycles. The number of methoxy groups -OCH3 is 1. The summed E-state index contributed by atoms with van der Waals surface area (Å²) in [6, 6.07) is 5.19. The largest absolute Gasteiger partial charge is 0.465 e. The fourth-order valence-electron chi connectivity index (χ4n) is 2.75. The Bertz CT molecular complexity index is 537. The monoisotopic (exact) mass is 291 g/mol. The number of hydrogen-bond donors (Lipinski definition) is 2. The number of anilines is 2. The summed E-state index contributed by atoms with van der Waals surface area (Å²) in [4.78, 5) is 24.6. The maximum Gasteiger partial charge on any atom is 0.337 e. The first-order valence-corrected chi connectivity index (χ1v) is 7.02. The molecule has 1 aromatic rings. The second-order valence-corrected chi connectivity index (χ2v) is 5.37. The number of hydrogen-bond acceptors (Lipinski definition) is 5. The number of esters is 1. The van der Waals surface area contributed by atoms with Gasteiger partial charge in [-0.2, -0.15) is 0 Å². The van der Waals surface area contributed by atoms with Crippen LogP contribution in [0.1, 0.15) is 29.6 Å². The fourth-order valence-corrected chi connectivity index (χ4v) is 2.75. The topological polar surface area (TPSA) is 98.6 Å². The third kappa shape index (κ3) is 3.65. The minimum absolute atomic E-state index is 0.240. The molecule has 2 rings (SSSR count). The molecule has 1 aliphatic heterocycles. The number of carbonyl (C=O) groups excluding carboxylic acids is 2. The van der Waals surface area contributed by atoms with Crippen LogP contribution in [0.2, 0.25) is 0 Å². The first kappa shape index (κ1) is 15.2. The number of carbonyl (C=O) groups is 2. The fraction of sp³-hybridized carbons (Fsp3) is 0.467. The van der Waals surface area contributed by atoms with Crippen LogP contribution in [-0.4, -0.2) is 32.1 Å². The zero-order chi connectivity index (χ0) is 15.4. The highest BCUT2D eigenvalue weighted by Gasteiger charge is 2.22. The smallest absolute Gasteiger partial charge is 0.337 e. The normalized spacial score (nSPS) is 15.8. The molecule has 1 fully saturated rings. The molecule has 0 spiro atoms. The summed E-state index contributed by atoms with van der Waals surface area (Å²) in [5.74, 6) is -0.280. The maximum atomic E-state index is 11.5. The lowest BCUT2D eigenvalue weighted by Gasteiger charge is -2.34. The number of amides is 1. The van der Waals surface area contributed by atoms with Gasteiger partial charge in [0.25, 0.3) is 0 Å². The van der Waals surface area contributed by atoms with Crippen LogP contribution < -0.4 is 16.4 Å². The predicted octanol–water partition coefficient (Wildman–Crippen LogP) is 1.15. The van der Waals surface area contributed by atoms with Gasteiger partial charge < -0.3 is 21.1 Å². The summed E-state index contributed by atoms with van der Waals surface area (Å²) >= 11 is 0. The van der Waals surface area contributed by atoms with Crippen molar-refractivity contribution in [2.75, 3.05) is 30.8 Å². The molecule has 6 nitrogen and oxygen atoms in total. The molecule has 0 saturated carbocycles. The number of primary amides is 1. The Hall–Kier alpha value is -2.24. The van der Waals surface area contributed by atoms with Crippen molar-refractivity contribution in [3.05, 3.63) is 23.8 Å². The Morgan fingerprint density at radius 3 is 2.52 bits per heavy atom. The van der Waals surface area contributed by atoms with E-state index in [1.165, 1.54) is 7.11 Å². The molecule has 21 heavy (non-hydrogen) atoms. The van der Waals surface area contributed by atoms with E-state index in [9.17, 15) is 9.59 Å². The number of nitrogens with two attached hydrogens (primary N) is 2. The molecular formula is C15H21N3O3. The van der Waals surface area contributed by atoms with Crippen LogP contribution in [-0.2, 0) is 9.53 Å². The second-order valence-electron chi connectivity index (χ2n) is 5.37. The van der Waals surface area contributed by atoms with E-state index >= 15 is 0 Å². The van der Waals surface area contributed by atoms with Crippen molar-refractivity contribution in [2.24, 2.45) is 11.7 Å². The molecule has 0 bridgehead atoms. The average molecular weight is 291 g/mol. The highest BCUT2D eigenvalue weighted by Crippen LogP contribution is 2.30. The van der Waals surface area contributed by atoms with Crippen LogP contribution in [0, 0.1) is 5.92 Å². The van der Waals surface area contributed by atoms with Gasteiger partial charge in [-0.1, -0.05) is 0 Å². The summed E-state index contributed by atoms with van der Waals surface area (Å²) in [5, 5.41) is 0. The Morgan fingerprint density at radius 1 is 1.33 bits per heavy atom. The van der Waals surface area contributed by atoms with Gasteiger partial charge in [-0.15, -0.1) is 0 Å². The van der Waals surface area contributed by atoms with Crippen molar-refractivity contribution in [3.63, 3.8) is 0 Å². The second kappa shape index (κ2) is 6.47. The predicted molar refractivity (Wildman–Crippen MR) is 80.9 cm³/mol. The number of nitrogen functional groups attached to an aromatic ring is 1. The molecule has 1 heterocycles. The van der Waals surface area contributed by atoms with Crippen LogP contribution in [0.15, 0.2) is 18.2 Å². The third-order valence-electron chi connectivity index (χ3n) is 3.89. The van der Waals surface area contributed by atoms with Crippen molar-refractivity contribution in [3.8, 4) is 0 Å². The van der Waals surface area contributed by atoms with Crippen LogP contribution in [0.25, 0.3) is 0 Å². The first-order chi connectivity index (χ1) is 10.0. The van der Waals surface area contributed by atoms with Crippen molar-refractivity contribution in [1.82, 2.24) is 0 Å². The van der Waals surface area contributed by atoms with E-state index in [-0.39, 0.29) is 5.91 Å². The number of benzene rings is 1. The number of piperidine rings is 1. The van der Waals surface area contributed by atoms with Gasteiger partial charge in [-0.25, -0.2) is 4.79 Å². The van der Waals surface area contributed by atoms with Gasteiger partial charge in [0.2, 0.25) is 5.91 Å². The molecule has 6 heteroatoms. The standard InChI is InChI=1S/C15H21N3O3/c1-21-15(20)11-2-3-13(12(16)9-11)18-6-4-10(5-7-18)8-14(17)19/h2-3,9-10H,4-8,16H2,1H3,(H2,17,19). The molecule has 4 N–H and O–H groups in total. The molecule has 1 aromatic carbocycles. The number of ether oxygens (including phenoxy) is 1. The van der Waals surface area contributed by atoms with Crippen LogP contribution in [0.4, 0.5) is 11.4 Å². The van der Waals surface area contributed by atoms with Crippen molar-refractivity contribution in [1.29, 1.82) is 0 Å². The van der Waals surface area contributed by atoms with E-state index in [1.54, 1.807) is 12.1 Å². The lowest BCUT2D eigenvalue weighted by atomic mass is 9.93. The van der Waals surface area contributed by atoms with Crippen LogP contribution >= 0.6 is 0 Å². The zero-order valence-corrected chi connectivity index (χ0v) is 12.2. The summed E-state index contributed by atoms with van der Waals surface area (Å²) in [5.41, 5.74) is 13.2. The van der Waals surface area contributed by atoms with Gasteiger partial charge in [0.05, 0.1) is 24.0 Å². The zero-order valence-electron chi connectivity index (χ0n) is 12.2. The molecular weight excluding hydrogens is 270 g/mol. The SMILES string of the molecule is COC(=O)c1ccc(N2CCC(CC(N)=O)CC2)c(N)c1. The number of rotatable bonds is 4. The maximum absolute atomic E-state index is 11.5. The Balaban J connectivity index is 2.03. The lowest BCUT2D eigenvalue weighted by molar-refractivity contribution is -0.119. The van der Waals surface area contributed by atoms with E-state index in [4.69, 9.17) is 11.5 Å². The molecule has 0 aromatic heterocycles. The summed E-state index contributed by atoms with van der Waals surface area (Å²) in [6.07, 6.45) is 2.28. The highest BCUT2D eigenvalue weighted by atomic mass is 16.5. The van der Waals surface area contributed by atoms with Crippen molar-refractivity contribution in [2.45, 2.75) is 19.3 Å². The van der Waals surface area contributed by atoms with Crippen LogP contribution in [0.5, 0.6) is 0 Å². The van der Waals surface area contributed by atoms with Crippen LogP contribution in [0.3, 0.4) is 0 Å². The Kier molecular flexibility index (Phi) is 4.67. The average Bonchev–Trinajstić information content (AvgIpc) is 2.47. The minimum Gasteiger partial charge on any atom is -0.465 e. The van der Waals surface area contributed by atoms with Gasteiger partial charge in [0, 0.05) is 19.5 Å². The van der Waals surface area contributed by atoms with E-state index in [2.05, 4.69) is 9.64 Å². The lowest BCUT2D eigenvalue weighted by Crippen LogP contribution is -2.35. The summed E-state index contributed by atoms with van der Waals surface area (Å²) in [7, 11) is 1.34. The molecule has 1 amide bonds. The van der Waals surface area contributed by atoms with E-state index in [0.29, 0.717) is 23.6 Å². The highest BCUT2D eigenvalue weighted by molar-refractivity contribution is 5.92. The van der Waals surface area contributed by atoms with Crippen molar-refractivity contribution >= 4 is 23.3 Å². The van der Waals surface area contributed by atoms with Gasteiger partial charge in [-0.05, 0) is 37.0 Å². The van der Waals surface area contributed by atoms with E-state index < -0.39 is 5.97 Å². The van der Waals surface area contributed by atoms with Crippen molar-refractivity contribution < 1.29 is 14.3 Å². The molecule has 1 aliphatic rings. The molecule has 0 unspecified atom stereocenters. The molecule has 0 radical (unpaired) electrons. The quantitative estimate of drug-likeness (QED) is 0.640. The van der Waals surface area contributed by atoms with E-state index in [1.807, 2.05) is 6.07 Å². The number of nitrogens with zero attached hydrogens (tertiary/aromatic N) is 1. The van der Waals surface area contributed by atoms with Gasteiger partial charge >= 0.3 is 5.97 Å². The Morgan fingerprint density at radius 2 is 2.00 bits per heavy atom. The Labute approximate surface area is 124 Å². The minimum atomic E-state index is -0.395. The van der Waals surface area contributed by atoms with Gasteiger partial charge in [0.1, 0.15) is 0 Å². The first-order valence-electron chi connectivity index (χ1n) is 7.02. The molecule has 0 atom stereocenters. The summed E-state index contributed by atoms with van der Waals surface area (Å²) in [6.45, 7) is 1.67.